The highest BCUT2D eigenvalue weighted by atomic mass is 79.9. The number of nitrogens with one attached hydrogen (secondary N) is 2. The van der Waals surface area contributed by atoms with Gasteiger partial charge in [0, 0.05) is 6.54 Å². The summed E-state index contributed by atoms with van der Waals surface area (Å²) in [6, 6.07) is 7.51. The van der Waals surface area contributed by atoms with E-state index in [1.54, 1.807) is 32.9 Å². The summed E-state index contributed by atoms with van der Waals surface area (Å²) in [7, 11) is -3.82. The van der Waals surface area contributed by atoms with Crippen molar-refractivity contribution in [1.29, 1.82) is 0 Å². The van der Waals surface area contributed by atoms with Gasteiger partial charge in [-0.15, -0.1) is 11.3 Å². The summed E-state index contributed by atoms with van der Waals surface area (Å²) >= 11 is 4.33. The lowest BCUT2D eigenvalue weighted by molar-refractivity contribution is 0.0636. The Hall–Kier alpha value is -1.49. The van der Waals surface area contributed by atoms with Crippen LogP contribution in [0.3, 0.4) is 0 Å². The van der Waals surface area contributed by atoms with Crippen LogP contribution in [-0.4, -0.2) is 26.7 Å². The number of sulfonamides is 1. The van der Waals surface area contributed by atoms with Crippen molar-refractivity contribution in [3.63, 3.8) is 0 Å². The van der Waals surface area contributed by atoms with E-state index < -0.39 is 21.7 Å². The number of amides is 1. The molecule has 0 aliphatic rings. The molecule has 1 aromatic heterocycles. The third-order valence-electron chi connectivity index (χ3n) is 3.42. The fraction of sp³-hybridized carbons (Fsp3) is 0.389. The number of halogens is 2. The van der Waals surface area contributed by atoms with Crippen molar-refractivity contribution in [2.75, 3.05) is 11.9 Å². The number of anilines is 1. The number of benzene rings is 1. The second-order valence-corrected chi connectivity index (χ2v) is 11.2. The van der Waals surface area contributed by atoms with E-state index in [1.165, 1.54) is 18.2 Å². The van der Waals surface area contributed by atoms with E-state index in [2.05, 4.69) is 26.0 Å². The van der Waals surface area contributed by atoms with E-state index in [1.807, 2.05) is 0 Å². The zero-order chi connectivity index (χ0) is 20.9. The third kappa shape index (κ3) is 7.16. The lowest BCUT2D eigenvalue weighted by Crippen LogP contribution is -2.28. The van der Waals surface area contributed by atoms with E-state index in [-0.39, 0.29) is 22.3 Å². The molecular formula is C18H22BrFN2O4S2. The molecule has 0 atom stereocenters. The molecule has 0 radical (unpaired) electrons. The standard InChI is InChI=1S/C18H22BrFN2O4S2/c1-18(2,3)26-17(23)22-16-14(11-15(19)27-16)28(24,25)21-10-4-5-12-6-8-13(20)9-7-12/h6-9,11,21H,4-5,10H2,1-3H3,(H,22,23). The lowest BCUT2D eigenvalue weighted by atomic mass is 10.1. The normalized spacial score (nSPS) is 12.0. The van der Waals surface area contributed by atoms with Crippen molar-refractivity contribution >= 4 is 48.4 Å². The van der Waals surface area contributed by atoms with Crippen molar-refractivity contribution in [3.05, 3.63) is 45.5 Å². The fourth-order valence-corrected chi connectivity index (χ4v) is 5.45. The van der Waals surface area contributed by atoms with Crippen LogP contribution in [-0.2, 0) is 21.2 Å². The Morgan fingerprint density at radius 1 is 1.25 bits per heavy atom. The van der Waals surface area contributed by atoms with Crippen molar-refractivity contribution in [2.24, 2.45) is 0 Å². The van der Waals surface area contributed by atoms with Crippen LogP contribution in [0.5, 0.6) is 0 Å². The summed E-state index contributed by atoms with van der Waals surface area (Å²) < 4.78 is 46.4. The minimum absolute atomic E-state index is 0.0305. The zero-order valence-corrected chi connectivity index (χ0v) is 18.9. The minimum Gasteiger partial charge on any atom is -0.444 e. The van der Waals surface area contributed by atoms with Gasteiger partial charge in [0.2, 0.25) is 10.0 Å². The molecule has 0 aliphatic carbocycles. The number of aryl methyl sites for hydroxylation is 1. The van der Waals surface area contributed by atoms with Gasteiger partial charge in [-0.1, -0.05) is 12.1 Å². The molecule has 2 N–H and O–H groups in total. The summed E-state index contributed by atoms with van der Waals surface area (Å²) in [5.41, 5.74) is 0.224. The summed E-state index contributed by atoms with van der Waals surface area (Å²) in [5, 5.41) is 2.66. The van der Waals surface area contributed by atoms with Crippen LogP contribution in [0.25, 0.3) is 0 Å². The molecule has 0 saturated carbocycles. The second-order valence-electron chi connectivity index (χ2n) is 7.00. The molecule has 2 rings (SSSR count). The van der Waals surface area contributed by atoms with Gasteiger partial charge in [-0.25, -0.2) is 22.3 Å². The minimum atomic E-state index is -3.82. The summed E-state index contributed by atoms with van der Waals surface area (Å²) in [5.74, 6) is -0.308. The summed E-state index contributed by atoms with van der Waals surface area (Å²) in [6.07, 6.45) is 0.430. The molecule has 10 heteroatoms. The van der Waals surface area contributed by atoms with Gasteiger partial charge in [0.1, 0.15) is 21.3 Å². The van der Waals surface area contributed by atoms with Gasteiger partial charge in [0.25, 0.3) is 0 Å². The number of carbonyl (C=O) groups excluding carboxylic acids is 1. The maximum absolute atomic E-state index is 12.9. The molecule has 6 nitrogen and oxygen atoms in total. The number of ether oxygens (including phenoxy) is 1. The highest BCUT2D eigenvalue weighted by Crippen LogP contribution is 2.35. The Morgan fingerprint density at radius 3 is 2.50 bits per heavy atom. The predicted molar refractivity (Wildman–Crippen MR) is 112 cm³/mol. The Kier molecular flexibility index (Phi) is 7.60. The first-order valence-corrected chi connectivity index (χ1v) is 11.6. The molecule has 0 spiro atoms. The quantitative estimate of drug-likeness (QED) is 0.537. The molecule has 1 aromatic carbocycles. The number of carbonyl (C=O) groups is 1. The van der Waals surface area contributed by atoms with Gasteiger partial charge in [-0.05, 0) is 73.3 Å². The number of thiophene rings is 1. The van der Waals surface area contributed by atoms with Crippen LogP contribution < -0.4 is 10.0 Å². The van der Waals surface area contributed by atoms with Crippen molar-refractivity contribution < 1.29 is 22.3 Å². The van der Waals surface area contributed by atoms with E-state index in [0.29, 0.717) is 16.6 Å². The number of hydrogen-bond acceptors (Lipinski definition) is 5. The molecule has 0 bridgehead atoms. The van der Waals surface area contributed by atoms with Crippen LogP contribution in [0.2, 0.25) is 0 Å². The zero-order valence-electron chi connectivity index (χ0n) is 15.7. The molecule has 0 saturated heterocycles. The molecule has 0 fully saturated rings. The smallest absolute Gasteiger partial charge is 0.412 e. The lowest BCUT2D eigenvalue weighted by Gasteiger charge is -2.19. The van der Waals surface area contributed by atoms with Gasteiger partial charge < -0.3 is 4.74 Å². The molecule has 154 valence electrons. The number of rotatable bonds is 7. The topological polar surface area (TPSA) is 84.5 Å². The van der Waals surface area contributed by atoms with Crippen LogP contribution in [0.4, 0.5) is 14.2 Å². The van der Waals surface area contributed by atoms with Gasteiger partial charge >= 0.3 is 6.09 Å². The first-order valence-electron chi connectivity index (χ1n) is 8.50. The van der Waals surface area contributed by atoms with E-state index >= 15 is 0 Å². The average molecular weight is 493 g/mol. The van der Waals surface area contributed by atoms with Crippen LogP contribution >= 0.6 is 27.3 Å². The van der Waals surface area contributed by atoms with Gasteiger partial charge in [0.15, 0.2) is 0 Å². The Labute approximate surface area is 176 Å². The van der Waals surface area contributed by atoms with E-state index in [4.69, 9.17) is 4.74 Å². The predicted octanol–water partition coefficient (Wildman–Crippen LogP) is 4.91. The van der Waals surface area contributed by atoms with Crippen LogP contribution in [0.15, 0.2) is 39.0 Å². The molecular weight excluding hydrogens is 471 g/mol. The fourth-order valence-electron chi connectivity index (χ4n) is 2.26. The maximum atomic E-state index is 12.9. The summed E-state index contributed by atoms with van der Waals surface area (Å²) in [6.45, 7) is 5.37. The largest absolute Gasteiger partial charge is 0.444 e. The summed E-state index contributed by atoms with van der Waals surface area (Å²) in [4.78, 5) is 11.9. The maximum Gasteiger partial charge on any atom is 0.412 e. The molecule has 0 aliphatic heterocycles. The second kappa shape index (κ2) is 9.34. The average Bonchev–Trinajstić information content (AvgIpc) is 2.92. The molecule has 28 heavy (non-hydrogen) atoms. The SMILES string of the molecule is CC(C)(C)OC(=O)Nc1sc(Br)cc1S(=O)(=O)NCCCc1ccc(F)cc1. The van der Waals surface area contributed by atoms with Gasteiger partial charge in [-0.3, -0.25) is 5.32 Å². The molecule has 0 unspecified atom stereocenters. The molecule has 1 heterocycles. The number of hydrogen-bond donors (Lipinski definition) is 2. The first kappa shape index (κ1) is 22.8. The van der Waals surface area contributed by atoms with Crippen LogP contribution in [0, 0.1) is 5.82 Å². The highest BCUT2D eigenvalue weighted by Gasteiger charge is 2.24. The van der Waals surface area contributed by atoms with E-state index in [9.17, 15) is 17.6 Å². The Bertz CT molecular complexity index is 922. The van der Waals surface area contributed by atoms with Crippen LogP contribution in [0.1, 0.15) is 32.8 Å². The Balaban J connectivity index is 1.98. The van der Waals surface area contributed by atoms with Crippen molar-refractivity contribution in [1.82, 2.24) is 4.72 Å². The van der Waals surface area contributed by atoms with Gasteiger partial charge in [-0.2, -0.15) is 0 Å². The Morgan fingerprint density at radius 2 is 1.89 bits per heavy atom. The monoisotopic (exact) mass is 492 g/mol. The first-order chi connectivity index (χ1) is 13.0. The van der Waals surface area contributed by atoms with Crippen molar-refractivity contribution in [3.8, 4) is 0 Å². The van der Waals surface area contributed by atoms with Gasteiger partial charge in [0.05, 0.1) is 3.79 Å². The van der Waals surface area contributed by atoms with Crippen molar-refractivity contribution in [2.45, 2.75) is 44.1 Å². The molecule has 1 amide bonds. The van der Waals surface area contributed by atoms with E-state index in [0.717, 1.165) is 16.9 Å². The third-order valence-corrected chi connectivity index (χ3v) is 6.59. The molecule has 2 aromatic rings. The highest BCUT2D eigenvalue weighted by molar-refractivity contribution is 9.11.